The van der Waals surface area contributed by atoms with Crippen LogP contribution in [0.2, 0.25) is 25.2 Å². The normalized spacial score (nSPS) is 15.9. The van der Waals surface area contributed by atoms with Crippen LogP contribution in [0.4, 0.5) is 8.78 Å². The van der Waals surface area contributed by atoms with Gasteiger partial charge in [0.25, 0.3) is 0 Å². The zero-order chi connectivity index (χ0) is 19.9. The fourth-order valence-corrected chi connectivity index (χ4v) is 13.9. The highest BCUT2D eigenvalue weighted by Gasteiger charge is 2.41. The van der Waals surface area contributed by atoms with Crippen LogP contribution in [0, 0.1) is 11.6 Å². The summed E-state index contributed by atoms with van der Waals surface area (Å²) in [5.74, 6) is 0.606. The van der Waals surface area contributed by atoms with E-state index in [2.05, 4.69) is 13.1 Å². The third-order valence-corrected chi connectivity index (χ3v) is 14.8. The SMILES string of the molecule is C[Si](CCCCl)(O[Si](C)(CCCCl)c1ccc(F)cc1)c1ccc(F)cc1. The maximum Gasteiger partial charge on any atom is 0.209 e. The van der Waals surface area contributed by atoms with Gasteiger partial charge in [-0.15, -0.1) is 23.2 Å². The largest absolute Gasteiger partial charge is 0.448 e. The van der Waals surface area contributed by atoms with E-state index >= 15 is 0 Å². The quantitative estimate of drug-likeness (QED) is 0.345. The first-order chi connectivity index (χ1) is 12.8. The molecule has 0 aliphatic carbocycles. The first-order valence-corrected chi connectivity index (χ1v) is 15.5. The molecule has 0 aliphatic heterocycles. The highest BCUT2D eigenvalue weighted by atomic mass is 35.5. The van der Waals surface area contributed by atoms with E-state index in [1.54, 1.807) is 0 Å². The van der Waals surface area contributed by atoms with Gasteiger partial charge in [0.1, 0.15) is 11.6 Å². The van der Waals surface area contributed by atoms with Crippen molar-refractivity contribution in [1.82, 2.24) is 0 Å². The molecule has 2 rings (SSSR count). The molecule has 0 saturated carbocycles. The van der Waals surface area contributed by atoms with Gasteiger partial charge in [0.2, 0.25) is 16.6 Å². The van der Waals surface area contributed by atoms with Crippen LogP contribution in [0.25, 0.3) is 0 Å². The van der Waals surface area contributed by atoms with E-state index in [1.807, 2.05) is 24.3 Å². The number of halogens is 4. The van der Waals surface area contributed by atoms with Gasteiger partial charge in [-0.2, -0.15) is 0 Å². The molecule has 27 heavy (non-hydrogen) atoms. The Labute approximate surface area is 172 Å². The Morgan fingerprint density at radius 3 is 1.33 bits per heavy atom. The second-order valence-electron chi connectivity index (χ2n) is 7.16. The lowest BCUT2D eigenvalue weighted by atomic mass is 10.3. The summed E-state index contributed by atoms with van der Waals surface area (Å²) in [6.07, 6.45) is 1.68. The number of rotatable bonds is 10. The average Bonchev–Trinajstić information content (AvgIpc) is 2.65. The maximum absolute atomic E-state index is 13.4. The van der Waals surface area contributed by atoms with Crippen LogP contribution in [0.3, 0.4) is 0 Å². The molecule has 0 aromatic heterocycles. The number of hydrogen-bond acceptors (Lipinski definition) is 1. The minimum Gasteiger partial charge on any atom is -0.448 e. The molecule has 1 nitrogen and oxygen atoms in total. The van der Waals surface area contributed by atoms with Gasteiger partial charge in [0.15, 0.2) is 0 Å². The molecular formula is C20H26Cl2F2OSi2. The van der Waals surface area contributed by atoms with Crippen LogP contribution in [0.15, 0.2) is 48.5 Å². The van der Waals surface area contributed by atoms with Gasteiger partial charge in [-0.1, -0.05) is 24.3 Å². The lowest BCUT2D eigenvalue weighted by molar-refractivity contribution is 0.548. The zero-order valence-corrected chi connectivity index (χ0v) is 19.3. The molecule has 0 aliphatic rings. The Morgan fingerprint density at radius 2 is 1.04 bits per heavy atom. The van der Waals surface area contributed by atoms with Gasteiger partial charge in [-0.3, -0.25) is 0 Å². The average molecular weight is 448 g/mol. The van der Waals surface area contributed by atoms with Crippen LogP contribution in [-0.4, -0.2) is 28.4 Å². The second-order valence-corrected chi connectivity index (χ2v) is 15.8. The van der Waals surface area contributed by atoms with Gasteiger partial charge < -0.3 is 4.12 Å². The predicted molar refractivity (Wildman–Crippen MR) is 117 cm³/mol. The van der Waals surface area contributed by atoms with Crippen molar-refractivity contribution in [1.29, 1.82) is 0 Å². The van der Waals surface area contributed by atoms with Gasteiger partial charge in [-0.05, 0) is 72.7 Å². The molecule has 0 amide bonds. The van der Waals surface area contributed by atoms with Crippen molar-refractivity contribution < 1.29 is 12.9 Å². The first-order valence-electron chi connectivity index (χ1n) is 9.17. The lowest BCUT2D eigenvalue weighted by Gasteiger charge is -2.39. The molecule has 7 heteroatoms. The molecule has 0 N–H and O–H groups in total. The summed E-state index contributed by atoms with van der Waals surface area (Å²) >= 11 is 11.9. The van der Waals surface area contributed by atoms with Crippen molar-refractivity contribution in [3.8, 4) is 0 Å². The molecule has 0 radical (unpaired) electrons. The fraction of sp³-hybridized carbons (Fsp3) is 0.400. The first kappa shape index (κ1) is 22.6. The van der Waals surface area contributed by atoms with E-state index in [9.17, 15) is 8.78 Å². The summed E-state index contributed by atoms with van der Waals surface area (Å²) in [5, 5.41) is 2.11. The predicted octanol–water partition coefficient (Wildman–Crippen LogP) is 5.50. The molecule has 0 spiro atoms. The second kappa shape index (κ2) is 10.2. The summed E-state index contributed by atoms with van der Waals surface area (Å²) in [4.78, 5) is 0. The van der Waals surface area contributed by atoms with E-state index in [0.29, 0.717) is 11.8 Å². The molecule has 148 valence electrons. The topological polar surface area (TPSA) is 9.23 Å². The zero-order valence-electron chi connectivity index (χ0n) is 15.8. The highest BCUT2D eigenvalue weighted by molar-refractivity contribution is 6.98. The van der Waals surface area contributed by atoms with Crippen LogP contribution >= 0.6 is 23.2 Å². The van der Waals surface area contributed by atoms with Crippen molar-refractivity contribution in [3.05, 3.63) is 60.2 Å². The summed E-state index contributed by atoms with van der Waals surface area (Å²) < 4.78 is 33.9. The van der Waals surface area contributed by atoms with E-state index in [-0.39, 0.29) is 11.6 Å². The van der Waals surface area contributed by atoms with Crippen LogP contribution < -0.4 is 10.4 Å². The van der Waals surface area contributed by atoms with Crippen LogP contribution in [0.1, 0.15) is 12.8 Å². The van der Waals surface area contributed by atoms with E-state index < -0.39 is 16.6 Å². The molecule has 0 heterocycles. The number of hydrogen-bond donors (Lipinski definition) is 0. The van der Waals surface area contributed by atoms with Crippen molar-refractivity contribution >= 4 is 50.2 Å². The van der Waals surface area contributed by atoms with Gasteiger partial charge in [0.05, 0.1) is 0 Å². The third kappa shape index (κ3) is 6.13. The maximum atomic E-state index is 13.4. The van der Waals surface area contributed by atoms with E-state index in [4.69, 9.17) is 27.3 Å². The number of benzene rings is 2. The Balaban J connectivity index is 2.42. The minimum absolute atomic E-state index is 0.256. The summed E-state index contributed by atoms with van der Waals surface area (Å²) in [5.41, 5.74) is 0. The smallest absolute Gasteiger partial charge is 0.209 e. The van der Waals surface area contributed by atoms with Crippen LogP contribution in [-0.2, 0) is 4.12 Å². The van der Waals surface area contributed by atoms with E-state index in [1.165, 1.54) is 24.3 Å². The Kier molecular flexibility index (Phi) is 8.49. The van der Waals surface area contributed by atoms with Crippen molar-refractivity contribution in [2.45, 2.75) is 38.0 Å². The van der Waals surface area contributed by atoms with Crippen molar-refractivity contribution in [2.75, 3.05) is 11.8 Å². The minimum atomic E-state index is -2.38. The van der Waals surface area contributed by atoms with E-state index in [0.717, 1.165) is 35.3 Å². The van der Waals surface area contributed by atoms with Crippen molar-refractivity contribution in [3.63, 3.8) is 0 Å². The monoisotopic (exact) mass is 446 g/mol. The molecule has 0 saturated heterocycles. The summed E-state index contributed by atoms with van der Waals surface area (Å²) in [7, 11) is -4.75. The van der Waals surface area contributed by atoms with Gasteiger partial charge in [-0.25, -0.2) is 8.78 Å². The Bertz CT molecular complexity index is 653. The summed E-state index contributed by atoms with van der Waals surface area (Å²) in [6, 6.07) is 15.0. The Hall–Kier alpha value is -0.726. The van der Waals surface area contributed by atoms with Crippen LogP contribution in [0.5, 0.6) is 0 Å². The standard InChI is InChI=1S/C20H26Cl2F2OSi2/c1-26(15-3-13-21,19-9-5-17(23)6-10-19)25-27(2,16-4-14-22)20-11-7-18(24)8-12-20/h5-12H,3-4,13-16H2,1-2H3. The van der Waals surface area contributed by atoms with Gasteiger partial charge in [0, 0.05) is 11.8 Å². The molecule has 0 bridgehead atoms. The molecule has 2 aromatic rings. The molecule has 0 fully saturated rings. The highest BCUT2D eigenvalue weighted by Crippen LogP contribution is 2.25. The lowest BCUT2D eigenvalue weighted by Crippen LogP contribution is -2.60. The molecule has 2 unspecified atom stereocenters. The number of alkyl halides is 2. The fourth-order valence-electron chi connectivity index (χ4n) is 3.42. The summed E-state index contributed by atoms with van der Waals surface area (Å²) in [6.45, 7) is 4.34. The molecule has 2 atom stereocenters. The molecular weight excluding hydrogens is 421 g/mol. The van der Waals surface area contributed by atoms with Crippen molar-refractivity contribution in [2.24, 2.45) is 0 Å². The third-order valence-electron chi connectivity index (χ3n) is 4.94. The van der Waals surface area contributed by atoms with Gasteiger partial charge >= 0.3 is 0 Å². The Morgan fingerprint density at radius 1 is 0.704 bits per heavy atom. The molecule has 2 aromatic carbocycles.